The van der Waals surface area contributed by atoms with Crippen LogP contribution in [0.2, 0.25) is 0 Å². The van der Waals surface area contributed by atoms with Crippen molar-refractivity contribution in [1.29, 1.82) is 0 Å². The first kappa shape index (κ1) is 25.9. The number of ether oxygens (including phenoxy) is 2. The summed E-state index contributed by atoms with van der Waals surface area (Å²) in [7, 11) is 0. The normalized spacial score (nSPS) is 13.4. The Kier molecular flexibility index (Phi) is 7.92. The number of hydrogen-bond acceptors (Lipinski definition) is 5. The lowest BCUT2D eigenvalue weighted by molar-refractivity contribution is -0.119. The Balaban J connectivity index is 1.25. The number of carbonyl (C=O) groups excluding carboxylic acids is 3. The Morgan fingerprint density at radius 1 is 0.919 bits per heavy atom. The number of amides is 2. The van der Waals surface area contributed by atoms with E-state index in [4.69, 9.17) is 9.47 Å². The molecule has 2 amide bonds. The summed E-state index contributed by atoms with van der Waals surface area (Å²) in [6, 6.07) is 21.7. The fourth-order valence-corrected chi connectivity index (χ4v) is 4.03. The van der Waals surface area contributed by atoms with Gasteiger partial charge in [0.15, 0.2) is 6.61 Å². The molecule has 1 N–H and O–H groups in total. The lowest BCUT2D eigenvalue weighted by atomic mass is 9.82. The lowest BCUT2D eigenvalue weighted by Gasteiger charge is -2.23. The molecule has 1 fully saturated rings. The van der Waals surface area contributed by atoms with Crippen LogP contribution < -0.4 is 15.0 Å². The second kappa shape index (κ2) is 11.3. The molecule has 1 saturated heterocycles. The third-order valence-corrected chi connectivity index (χ3v) is 6.72. The average molecular weight is 501 g/mol. The van der Waals surface area contributed by atoms with E-state index in [9.17, 15) is 14.4 Å². The van der Waals surface area contributed by atoms with Crippen LogP contribution >= 0.6 is 0 Å². The molecule has 0 aromatic heterocycles. The molecule has 0 unspecified atom stereocenters. The van der Waals surface area contributed by atoms with Gasteiger partial charge < -0.3 is 19.7 Å². The second-order valence-corrected chi connectivity index (χ2v) is 9.71. The van der Waals surface area contributed by atoms with E-state index in [1.165, 1.54) is 5.56 Å². The van der Waals surface area contributed by atoms with Crippen molar-refractivity contribution >= 4 is 29.2 Å². The highest BCUT2D eigenvalue weighted by Crippen LogP contribution is 2.30. The zero-order valence-electron chi connectivity index (χ0n) is 21.5. The van der Waals surface area contributed by atoms with E-state index in [-0.39, 0.29) is 11.3 Å². The number of carbonyl (C=O) groups is 3. The molecule has 1 aliphatic heterocycles. The van der Waals surface area contributed by atoms with Crippen LogP contribution in [0.1, 0.15) is 56.0 Å². The van der Waals surface area contributed by atoms with Crippen molar-refractivity contribution in [1.82, 2.24) is 0 Å². The molecule has 3 aromatic carbocycles. The molecule has 37 heavy (non-hydrogen) atoms. The Bertz CT molecular complexity index is 1250. The fourth-order valence-electron chi connectivity index (χ4n) is 4.03. The average Bonchev–Trinajstić information content (AvgIpc) is 3.34. The van der Waals surface area contributed by atoms with Crippen molar-refractivity contribution in [2.75, 3.05) is 23.4 Å². The number of anilines is 2. The van der Waals surface area contributed by atoms with E-state index in [0.717, 1.165) is 24.3 Å². The zero-order chi connectivity index (χ0) is 26.4. The van der Waals surface area contributed by atoms with Gasteiger partial charge in [0.1, 0.15) is 11.5 Å². The molecule has 0 atom stereocenters. The van der Waals surface area contributed by atoms with Gasteiger partial charge in [-0.2, -0.15) is 0 Å². The van der Waals surface area contributed by atoms with E-state index in [1.54, 1.807) is 53.4 Å². The predicted molar refractivity (Wildman–Crippen MR) is 143 cm³/mol. The van der Waals surface area contributed by atoms with Crippen molar-refractivity contribution in [2.24, 2.45) is 0 Å². The maximum absolute atomic E-state index is 12.3. The SMILES string of the molecule is CCC(C)(C)c1ccc(Oc2ccc(NC(=O)COC(=O)c3ccc(N4CCCC4=O)cc3)cc2)cc1. The molecule has 0 aliphatic carbocycles. The summed E-state index contributed by atoms with van der Waals surface area (Å²) in [6.07, 6.45) is 2.42. The number of rotatable bonds is 9. The molecule has 7 nitrogen and oxygen atoms in total. The van der Waals surface area contributed by atoms with Crippen molar-refractivity contribution < 1.29 is 23.9 Å². The standard InChI is InChI=1S/C30H32N2O5/c1-4-30(2,3)22-9-15-25(16-10-22)37-26-17-11-23(12-18-26)31-27(33)20-36-29(35)21-7-13-24(14-8-21)32-19-5-6-28(32)34/h7-18H,4-6,19-20H2,1-3H3,(H,31,33). The van der Waals surface area contributed by atoms with E-state index >= 15 is 0 Å². The topological polar surface area (TPSA) is 84.9 Å². The summed E-state index contributed by atoms with van der Waals surface area (Å²) in [5.74, 6) is 0.407. The summed E-state index contributed by atoms with van der Waals surface area (Å²) in [6.45, 7) is 6.87. The molecule has 0 spiro atoms. The molecule has 1 aliphatic rings. The molecular weight excluding hydrogens is 468 g/mol. The van der Waals surface area contributed by atoms with Gasteiger partial charge in [-0.1, -0.05) is 32.9 Å². The van der Waals surface area contributed by atoms with Gasteiger partial charge in [0.2, 0.25) is 5.91 Å². The molecule has 7 heteroatoms. The van der Waals surface area contributed by atoms with Crippen LogP contribution in [0.25, 0.3) is 0 Å². The zero-order valence-corrected chi connectivity index (χ0v) is 21.5. The van der Waals surface area contributed by atoms with Crippen LogP contribution in [0.4, 0.5) is 11.4 Å². The maximum Gasteiger partial charge on any atom is 0.338 e. The van der Waals surface area contributed by atoms with Crippen LogP contribution in [0.15, 0.2) is 72.8 Å². The smallest absolute Gasteiger partial charge is 0.338 e. The quantitative estimate of drug-likeness (QED) is 0.360. The van der Waals surface area contributed by atoms with Gasteiger partial charge in [-0.3, -0.25) is 9.59 Å². The van der Waals surface area contributed by atoms with Crippen molar-refractivity contribution in [3.63, 3.8) is 0 Å². The Morgan fingerprint density at radius 3 is 2.11 bits per heavy atom. The van der Waals surface area contributed by atoms with E-state index in [2.05, 4.69) is 38.2 Å². The first-order chi connectivity index (χ1) is 17.7. The van der Waals surface area contributed by atoms with Crippen LogP contribution in [-0.4, -0.2) is 30.9 Å². The fraction of sp³-hybridized carbons (Fsp3) is 0.300. The highest BCUT2D eigenvalue weighted by molar-refractivity contribution is 5.97. The predicted octanol–water partition coefficient (Wildman–Crippen LogP) is 6.09. The van der Waals surface area contributed by atoms with Crippen molar-refractivity contribution in [3.8, 4) is 11.5 Å². The van der Waals surface area contributed by atoms with Crippen molar-refractivity contribution in [3.05, 3.63) is 83.9 Å². The number of esters is 1. The lowest BCUT2D eigenvalue weighted by Crippen LogP contribution is -2.23. The van der Waals surface area contributed by atoms with Gasteiger partial charge in [0.25, 0.3) is 5.91 Å². The molecule has 0 bridgehead atoms. The number of nitrogens with zero attached hydrogens (tertiary/aromatic N) is 1. The summed E-state index contributed by atoms with van der Waals surface area (Å²) >= 11 is 0. The van der Waals surface area contributed by atoms with E-state index < -0.39 is 18.5 Å². The number of hydrogen-bond donors (Lipinski definition) is 1. The van der Waals surface area contributed by atoms with Crippen LogP contribution in [0.5, 0.6) is 11.5 Å². The first-order valence-corrected chi connectivity index (χ1v) is 12.5. The first-order valence-electron chi connectivity index (χ1n) is 12.5. The Hall–Kier alpha value is -4.13. The second-order valence-electron chi connectivity index (χ2n) is 9.71. The molecule has 0 radical (unpaired) electrons. The summed E-state index contributed by atoms with van der Waals surface area (Å²) in [5.41, 5.74) is 3.01. The highest BCUT2D eigenvalue weighted by atomic mass is 16.5. The van der Waals surface area contributed by atoms with Gasteiger partial charge in [-0.25, -0.2) is 4.79 Å². The summed E-state index contributed by atoms with van der Waals surface area (Å²) < 4.78 is 11.0. The van der Waals surface area contributed by atoms with Gasteiger partial charge in [0.05, 0.1) is 5.56 Å². The molecule has 1 heterocycles. The molecule has 0 saturated carbocycles. The molecule has 4 rings (SSSR count). The Labute approximate surface area is 217 Å². The van der Waals surface area contributed by atoms with Gasteiger partial charge in [-0.15, -0.1) is 0 Å². The van der Waals surface area contributed by atoms with E-state index in [1.807, 2.05) is 12.1 Å². The van der Waals surface area contributed by atoms with E-state index in [0.29, 0.717) is 30.0 Å². The van der Waals surface area contributed by atoms with Crippen LogP contribution in [0, 0.1) is 0 Å². The van der Waals surface area contributed by atoms with Crippen molar-refractivity contribution in [2.45, 2.75) is 45.4 Å². The summed E-state index contributed by atoms with van der Waals surface area (Å²) in [4.78, 5) is 38.1. The molecular formula is C30H32N2O5. The maximum atomic E-state index is 12.3. The third kappa shape index (κ3) is 6.55. The molecule has 3 aromatic rings. The number of benzene rings is 3. The van der Waals surface area contributed by atoms with Gasteiger partial charge >= 0.3 is 5.97 Å². The number of nitrogens with one attached hydrogen (secondary N) is 1. The Morgan fingerprint density at radius 2 is 1.54 bits per heavy atom. The minimum Gasteiger partial charge on any atom is -0.457 e. The van der Waals surface area contributed by atoms with Crippen LogP contribution in [-0.2, 0) is 19.7 Å². The largest absolute Gasteiger partial charge is 0.457 e. The van der Waals surface area contributed by atoms with Gasteiger partial charge in [0, 0.05) is 24.3 Å². The van der Waals surface area contributed by atoms with Crippen LogP contribution in [0.3, 0.4) is 0 Å². The van der Waals surface area contributed by atoms with Gasteiger partial charge in [-0.05, 0) is 84.5 Å². The summed E-state index contributed by atoms with van der Waals surface area (Å²) in [5, 5.41) is 2.71. The molecule has 192 valence electrons. The monoisotopic (exact) mass is 500 g/mol. The minimum atomic E-state index is -0.605. The highest BCUT2D eigenvalue weighted by Gasteiger charge is 2.22. The third-order valence-electron chi connectivity index (χ3n) is 6.72. The minimum absolute atomic E-state index is 0.0804.